The minimum absolute atomic E-state index is 0.0541. The summed E-state index contributed by atoms with van der Waals surface area (Å²) in [6.07, 6.45) is 0.462. The quantitative estimate of drug-likeness (QED) is 0.831. The highest BCUT2D eigenvalue weighted by atomic mass is 35.5. The van der Waals surface area contributed by atoms with Gasteiger partial charge >= 0.3 is 5.97 Å². The van der Waals surface area contributed by atoms with Crippen molar-refractivity contribution in [3.8, 4) is 0 Å². The van der Waals surface area contributed by atoms with Crippen molar-refractivity contribution in [2.75, 3.05) is 11.9 Å². The van der Waals surface area contributed by atoms with Crippen molar-refractivity contribution < 1.29 is 14.3 Å². The van der Waals surface area contributed by atoms with Gasteiger partial charge < -0.3 is 10.4 Å². The highest BCUT2D eigenvalue weighted by Gasteiger charge is 2.07. The number of benzene rings is 1. The first-order valence-electron chi connectivity index (χ1n) is 5.94. The van der Waals surface area contributed by atoms with Crippen LogP contribution < -0.4 is 5.32 Å². The molecule has 0 aliphatic carbocycles. The summed E-state index contributed by atoms with van der Waals surface area (Å²) in [6, 6.07) is 9.14. The molecule has 4 nitrogen and oxygen atoms in total. The van der Waals surface area contributed by atoms with Crippen LogP contribution in [0, 0.1) is 5.82 Å². The van der Waals surface area contributed by atoms with Crippen molar-refractivity contribution in [1.29, 1.82) is 0 Å². The van der Waals surface area contributed by atoms with Crippen LogP contribution in [0.4, 0.5) is 10.2 Å². The SMILES string of the molecule is O=C(O)c1cc(Cl)nc(NCCc2ccccc2F)c1. The minimum Gasteiger partial charge on any atom is -0.478 e. The number of aromatic carboxylic acids is 1. The Kier molecular flexibility index (Phi) is 4.53. The Labute approximate surface area is 120 Å². The van der Waals surface area contributed by atoms with E-state index in [0.29, 0.717) is 24.3 Å². The molecule has 0 spiro atoms. The molecule has 6 heteroatoms. The number of aromatic nitrogens is 1. The van der Waals surface area contributed by atoms with E-state index < -0.39 is 5.97 Å². The number of hydrogen-bond donors (Lipinski definition) is 2. The van der Waals surface area contributed by atoms with Crippen LogP contribution in [-0.4, -0.2) is 22.6 Å². The third kappa shape index (κ3) is 3.68. The molecule has 20 heavy (non-hydrogen) atoms. The fourth-order valence-electron chi connectivity index (χ4n) is 1.74. The van der Waals surface area contributed by atoms with Gasteiger partial charge in [0.2, 0.25) is 0 Å². The lowest BCUT2D eigenvalue weighted by Gasteiger charge is -2.07. The molecule has 1 aromatic carbocycles. The van der Waals surface area contributed by atoms with E-state index in [4.69, 9.17) is 16.7 Å². The molecule has 0 saturated heterocycles. The normalized spacial score (nSPS) is 10.3. The molecule has 0 fully saturated rings. The van der Waals surface area contributed by atoms with Crippen molar-refractivity contribution in [1.82, 2.24) is 4.98 Å². The molecule has 1 heterocycles. The zero-order valence-electron chi connectivity index (χ0n) is 10.4. The Bertz CT molecular complexity index is 634. The fourth-order valence-corrected chi connectivity index (χ4v) is 1.95. The van der Waals surface area contributed by atoms with Gasteiger partial charge in [0.1, 0.15) is 16.8 Å². The average Bonchev–Trinajstić information content (AvgIpc) is 2.40. The maximum Gasteiger partial charge on any atom is 0.335 e. The van der Waals surface area contributed by atoms with E-state index in [9.17, 15) is 9.18 Å². The summed E-state index contributed by atoms with van der Waals surface area (Å²) in [4.78, 5) is 14.8. The van der Waals surface area contributed by atoms with E-state index in [-0.39, 0.29) is 16.5 Å². The second-order valence-electron chi connectivity index (χ2n) is 4.14. The van der Waals surface area contributed by atoms with Crippen LogP contribution in [-0.2, 0) is 6.42 Å². The molecule has 0 bridgehead atoms. The second-order valence-corrected chi connectivity index (χ2v) is 4.52. The molecule has 2 rings (SSSR count). The molecular weight excluding hydrogens is 283 g/mol. The van der Waals surface area contributed by atoms with Crippen LogP contribution >= 0.6 is 11.6 Å². The number of hydrogen-bond acceptors (Lipinski definition) is 3. The molecule has 0 aliphatic rings. The zero-order valence-corrected chi connectivity index (χ0v) is 11.2. The molecule has 1 aromatic heterocycles. The first-order valence-corrected chi connectivity index (χ1v) is 6.32. The van der Waals surface area contributed by atoms with Crippen LogP contribution in [0.5, 0.6) is 0 Å². The van der Waals surface area contributed by atoms with Crippen molar-refractivity contribution >= 4 is 23.4 Å². The van der Waals surface area contributed by atoms with Crippen LogP contribution in [0.1, 0.15) is 15.9 Å². The highest BCUT2D eigenvalue weighted by Crippen LogP contribution is 2.15. The van der Waals surface area contributed by atoms with Gasteiger partial charge in [-0.3, -0.25) is 0 Å². The number of carboxylic acids is 1. The van der Waals surface area contributed by atoms with Gasteiger partial charge in [0.15, 0.2) is 0 Å². The Morgan fingerprint density at radius 3 is 2.80 bits per heavy atom. The van der Waals surface area contributed by atoms with Gasteiger partial charge in [-0.15, -0.1) is 0 Å². The first-order chi connectivity index (χ1) is 9.56. The van der Waals surface area contributed by atoms with Gasteiger partial charge in [-0.05, 0) is 30.2 Å². The fraction of sp³-hybridized carbons (Fsp3) is 0.143. The van der Waals surface area contributed by atoms with Gasteiger partial charge in [0.25, 0.3) is 0 Å². The average molecular weight is 295 g/mol. The van der Waals surface area contributed by atoms with Crippen LogP contribution in [0.3, 0.4) is 0 Å². The van der Waals surface area contributed by atoms with Crippen LogP contribution in [0.2, 0.25) is 5.15 Å². The standard InChI is InChI=1S/C14H12ClFN2O2/c15-12-7-10(14(19)20)8-13(18-12)17-6-5-9-3-1-2-4-11(9)16/h1-4,7-8H,5-6H2,(H,17,18)(H,19,20). The van der Waals surface area contributed by atoms with Crippen molar-refractivity contribution in [3.05, 3.63) is 58.5 Å². The molecule has 0 saturated carbocycles. The summed E-state index contributed by atoms with van der Waals surface area (Å²) in [5, 5.41) is 11.9. The van der Waals surface area contributed by atoms with E-state index >= 15 is 0 Å². The maximum atomic E-state index is 13.4. The van der Waals surface area contributed by atoms with Gasteiger partial charge in [0, 0.05) is 6.54 Å². The van der Waals surface area contributed by atoms with Crippen molar-refractivity contribution in [2.45, 2.75) is 6.42 Å². The summed E-state index contributed by atoms with van der Waals surface area (Å²) in [7, 11) is 0. The second kappa shape index (κ2) is 6.34. The first kappa shape index (κ1) is 14.3. The summed E-state index contributed by atoms with van der Waals surface area (Å²) >= 11 is 5.74. The lowest BCUT2D eigenvalue weighted by atomic mass is 10.1. The van der Waals surface area contributed by atoms with Crippen molar-refractivity contribution in [3.63, 3.8) is 0 Å². The Hall–Kier alpha value is -2.14. The van der Waals surface area contributed by atoms with Crippen molar-refractivity contribution in [2.24, 2.45) is 0 Å². The Morgan fingerprint density at radius 1 is 1.35 bits per heavy atom. The molecule has 0 radical (unpaired) electrons. The highest BCUT2D eigenvalue weighted by molar-refractivity contribution is 6.29. The van der Waals surface area contributed by atoms with Gasteiger partial charge in [0.05, 0.1) is 5.56 Å². The number of pyridine rings is 1. The lowest BCUT2D eigenvalue weighted by molar-refractivity contribution is 0.0697. The largest absolute Gasteiger partial charge is 0.478 e. The number of carbonyl (C=O) groups is 1. The number of nitrogens with zero attached hydrogens (tertiary/aromatic N) is 1. The van der Waals surface area contributed by atoms with E-state index in [1.807, 2.05) is 0 Å². The molecule has 0 unspecified atom stereocenters. The van der Waals surface area contributed by atoms with Gasteiger partial charge in [-0.25, -0.2) is 14.2 Å². The summed E-state index contributed by atoms with van der Waals surface area (Å²) in [5.74, 6) is -0.989. The molecule has 2 N–H and O–H groups in total. The molecule has 0 atom stereocenters. The van der Waals surface area contributed by atoms with Crippen LogP contribution in [0.25, 0.3) is 0 Å². The van der Waals surface area contributed by atoms with Crippen LogP contribution in [0.15, 0.2) is 36.4 Å². The molecular formula is C14H12ClFN2O2. The molecule has 104 valence electrons. The van der Waals surface area contributed by atoms with E-state index in [1.165, 1.54) is 18.2 Å². The zero-order chi connectivity index (χ0) is 14.5. The molecule has 0 amide bonds. The third-order valence-corrected chi connectivity index (χ3v) is 2.89. The Balaban J connectivity index is 2.01. The van der Waals surface area contributed by atoms with E-state index in [0.717, 1.165) is 0 Å². The summed E-state index contributed by atoms with van der Waals surface area (Å²) in [5.41, 5.74) is 0.638. The molecule has 0 aliphatic heterocycles. The lowest BCUT2D eigenvalue weighted by Crippen LogP contribution is -2.08. The Morgan fingerprint density at radius 2 is 2.10 bits per heavy atom. The maximum absolute atomic E-state index is 13.4. The van der Waals surface area contributed by atoms with Gasteiger partial charge in [-0.2, -0.15) is 0 Å². The predicted octanol–water partition coefficient (Wildman–Crippen LogP) is 3.23. The predicted molar refractivity (Wildman–Crippen MR) is 74.8 cm³/mol. The van der Waals surface area contributed by atoms with E-state index in [1.54, 1.807) is 18.2 Å². The minimum atomic E-state index is -1.08. The topological polar surface area (TPSA) is 62.2 Å². The number of nitrogens with one attached hydrogen (secondary N) is 1. The third-order valence-electron chi connectivity index (χ3n) is 2.70. The number of halogens is 2. The van der Waals surface area contributed by atoms with E-state index in [2.05, 4.69) is 10.3 Å². The molecule has 2 aromatic rings. The number of anilines is 1. The monoisotopic (exact) mass is 294 g/mol. The summed E-state index contributed by atoms with van der Waals surface area (Å²) < 4.78 is 13.4. The summed E-state index contributed by atoms with van der Waals surface area (Å²) in [6.45, 7) is 0.424. The smallest absolute Gasteiger partial charge is 0.335 e. The number of rotatable bonds is 5. The number of carboxylic acid groups (broad SMARTS) is 1. The van der Waals surface area contributed by atoms with Gasteiger partial charge in [-0.1, -0.05) is 29.8 Å².